The molecule has 0 unspecified atom stereocenters. The Bertz CT molecular complexity index is 326. The lowest BCUT2D eigenvalue weighted by molar-refractivity contribution is -0.154. The third-order valence-corrected chi connectivity index (χ3v) is 2.18. The Morgan fingerprint density at radius 3 is 2.69 bits per heavy atom. The lowest BCUT2D eigenvalue weighted by Crippen LogP contribution is -2.28. The molecule has 0 saturated carbocycles. The highest BCUT2D eigenvalue weighted by molar-refractivity contribution is 5.99. The molecule has 4 heteroatoms. The summed E-state index contributed by atoms with van der Waals surface area (Å²) in [4.78, 5) is 25.0. The first-order chi connectivity index (χ1) is 7.28. The van der Waals surface area contributed by atoms with Crippen LogP contribution in [0.15, 0.2) is 11.8 Å². The standard InChI is InChI=1S/C12H19NO3/c1-12(2,3)16-11(15)7-9-8-13(4)6-5-10(9)14/h8H,5-7H2,1-4H3. The van der Waals surface area contributed by atoms with Gasteiger partial charge in [0.1, 0.15) is 5.60 Å². The van der Waals surface area contributed by atoms with E-state index in [1.807, 2.05) is 32.7 Å². The van der Waals surface area contributed by atoms with Gasteiger partial charge in [-0.25, -0.2) is 0 Å². The number of rotatable bonds is 2. The highest BCUT2D eigenvalue weighted by Crippen LogP contribution is 2.16. The van der Waals surface area contributed by atoms with Gasteiger partial charge in [-0.3, -0.25) is 9.59 Å². The molecule has 0 saturated heterocycles. The molecule has 0 aromatic heterocycles. The van der Waals surface area contributed by atoms with Gasteiger partial charge in [0, 0.05) is 31.8 Å². The molecule has 16 heavy (non-hydrogen) atoms. The summed E-state index contributed by atoms with van der Waals surface area (Å²) in [6.45, 7) is 6.16. The molecule has 0 atom stereocenters. The van der Waals surface area contributed by atoms with E-state index in [1.165, 1.54) is 0 Å². The summed E-state index contributed by atoms with van der Waals surface area (Å²) in [6, 6.07) is 0. The fourth-order valence-corrected chi connectivity index (χ4v) is 1.52. The molecule has 1 aliphatic heterocycles. The predicted molar refractivity (Wildman–Crippen MR) is 60.8 cm³/mol. The summed E-state index contributed by atoms with van der Waals surface area (Å²) in [6.07, 6.45) is 2.28. The number of esters is 1. The van der Waals surface area contributed by atoms with Gasteiger partial charge in [0.2, 0.25) is 0 Å². The Balaban J connectivity index is 2.60. The maximum Gasteiger partial charge on any atom is 0.310 e. The van der Waals surface area contributed by atoms with Crippen LogP contribution in [0.25, 0.3) is 0 Å². The highest BCUT2D eigenvalue weighted by Gasteiger charge is 2.22. The zero-order chi connectivity index (χ0) is 12.3. The largest absolute Gasteiger partial charge is 0.460 e. The van der Waals surface area contributed by atoms with Crippen LogP contribution in [0.5, 0.6) is 0 Å². The first kappa shape index (κ1) is 12.7. The van der Waals surface area contributed by atoms with Gasteiger partial charge >= 0.3 is 5.97 Å². The van der Waals surface area contributed by atoms with E-state index < -0.39 is 5.60 Å². The second-order valence-electron chi connectivity index (χ2n) is 5.07. The molecule has 0 amide bonds. The Kier molecular flexibility index (Phi) is 3.73. The minimum atomic E-state index is -0.499. The van der Waals surface area contributed by atoms with E-state index in [4.69, 9.17) is 4.74 Å². The average Bonchev–Trinajstić information content (AvgIpc) is 2.08. The molecule has 1 heterocycles. The predicted octanol–water partition coefficient (Wildman–Crippen LogP) is 1.51. The van der Waals surface area contributed by atoms with Gasteiger partial charge in [-0.1, -0.05) is 0 Å². The fourth-order valence-electron chi connectivity index (χ4n) is 1.52. The second kappa shape index (κ2) is 4.68. The van der Waals surface area contributed by atoms with Crippen molar-refractivity contribution in [1.29, 1.82) is 0 Å². The molecule has 0 aromatic rings. The van der Waals surface area contributed by atoms with Gasteiger partial charge in [0.05, 0.1) is 6.42 Å². The van der Waals surface area contributed by atoms with E-state index in [-0.39, 0.29) is 18.2 Å². The Morgan fingerprint density at radius 1 is 1.50 bits per heavy atom. The molecule has 1 aliphatic rings. The number of nitrogens with zero attached hydrogens (tertiary/aromatic N) is 1. The normalized spacial score (nSPS) is 17.1. The lowest BCUT2D eigenvalue weighted by Gasteiger charge is -2.23. The highest BCUT2D eigenvalue weighted by atomic mass is 16.6. The molecule has 0 radical (unpaired) electrons. The van der Waals surface area contributed by atoms with Crippen LogP contribution in [0.1, 0.15) is 33.6 Å². The molecule has 90 valence electrons. The molecule has 0 fully saturated rings. The Hall–Kier alpha value is -1.32. The van der Waals surface area contributed by atoms with Crippen molar-refractivity contribution in [2.24, 2.45) is 0 Å². The van der Waals surface area contributed by atoms with Crippen LogP contribution < -0.4 is 0 Å². The van der Waals surface area contributed by atoms with Gasteiger partial charge in [-0.15, -0.1) is 0 Å². The molecule has 0 spiro atoms. The number of hydrogen-bond donors (Lipinski definition) is 0. The van der Waals surface area contributed by atoms with Gasteiger partial charge in [0.15, 0.2) is 5.78 Å². The zero-order valence-electron chi connectivity index (χ0n) is 10.4. The van der Waals surface area contributed by atoms with Crippen LogP contribution in [-0.4, -0.2) is 35.8 Å². The van der Waals surface area contributed by atoms with Crippen molar-refractivity contribution in [2.45, 2.75) is 39.2 Å². The number of carbonyl (C=O) groups excluding carboxylic acids is 2. The van der Waals surface area contributed by atoms with Gasteiger partial charge in [0.25, 0.3) is 0 Å². The van der Waals surface area contributed by atoms with Crippen molar-refractivity contribution < 1.29 is 14.3 Å². The summed E-state index contributed by atoms with van der Waals surface area (Å²) >= 11 is 0. The maximum atomic E-state index is 11.5. The van der Waals surface area contributed by atoms with E-state index in [0.29, 0.717) is 12.0 Å². The van der Waals surface area contributed by atoms with Gasteiger partial charge < -0.3 is 9.64 Å². The van der Waals surface area contributed by atoms with Crippen LogP contribution in [-0.2, 0) is 14.3 Å². The van der Waals surface area contributed by atoms with E-state index in [1.54, 1.807) is 6.20 Å². The van der Waals surface area contributed by atoms with Crippen LogP contribution in [0.2, 0.25) is 0 Å². The van der Waals surface area contributed by atoms with Crippen molar-refractivity contribution >= 4 is 11.8 Å². The summed E-state index contributed by atoms with van der Waals surface area (Å²) in [7, 11) is 1.89. The number of hydrogen-bond acceptors (Lipinski definition) is 4. The number of Topliss-reactive ketones (excluding diaryl/α,β-unsaturated/α-hetero) is 1. The van der Waals surface area contributed by atoms with Crippen LogP contribution in [0, 0.1) is 0 Å². The number of ether oxygens (including phenoxy) is 1. The summed E-state index contributed by atoms with van der Waals surface area (Å²) < 4.78 is 5.17. The molecule has 0 N–H and O–H groups in total. The van der Waals surface area contributed by atoms with E-state index in [0.717, 1.165) is 6.54 Å². The maximum absolute atomic E-state index is 11.5. The minimum absolute atomic E-state index is 0.0453. The van der Waals surface area contributed by atoms with Crippen LogP contribution in [0.3, 0.4) is 0 Å². The quantitative estimate of drug-likeness (QED) is 0.668. The second-order valence-corrected chi connectivity index (χ2v) is 5.07. The lowest BCUT2D eigenvalue weighted by atomic mass is 10.0. The molecule has 0 bridgehead atoms. The monoisotopic (exact) mass is 225 g/mol. The molecule has 1 rings (SSSR count). The van der Waals surface area contributed by atoms with Crippen molar-refractivity contribution in [3.05, 3.63) is 11.8 Å². The van der Waals surface area contributed by atoms with Crippen molar-refractivity contribution in [2.75, 3.05) is 13.6 Å². The Labute approximate surface area is 96.3 Å². The van der Waals surface area contributed by atoms with Gasteiger partial charge in [-0.2, -0.15) is 0 Å². The third-order valence-electron chi connectivity index (χ3n) is 2.18. The topological polar surface area (TPSA) is 46.6 Å². The SMILES string of the molecule is CN1C=C(CC(=O)OC(C)(C)C)C(=O)CC1. The van der Waals surface area contributed by atoms with Crippen molar-refractivity contribution in [3.63, 3.8) is 0 Å². The number of carbonyl (C=O) groups is 2. The summed E-state index contributed by atoms with van der Waals surface area (Å²) in [5, 5.41) is 0. The third kappa shape index (κ3) is 4.04. The van der Waals surface area contributed by atoms with E-state index in [2.05, 4.69) is 0 Å². The summed E-state index contributed by atoms with van der Waals surface area (Å²) in [5.74, 6) is -0.300. The fraction of sp³-hybridized carbons (Fsp3) is 0.667. The average molecular weight is 225 g/mol. The van der Waals surface area contributed by atoms with Gasteiger partial charge in [-0.05, 0) is 20.8 Å². The Morgan fingerprint density at radius 2 is 2.12 bits per heavy atom. The van der Waals surface area contributed by atoms with Crippen molar-refractivity contribution in [3.8, 4) is 0 Å². The minimum Gasteiger partial charge on any atom is -0.460 e. The van der Waals surface area contributed by atoms with E-state index >= 15 is 0 Å². The van der Waals surface area contributed by atoms with E-state index in [9.17, 15) is 9.59 Å². The molecule has 0 aliphatic carbocycles. The smallest absolute Gasteiger partial charge is 0.310 e. The first-order valence-electron chi connectivity index (χ1n) is 5.44. The molecular weight excluding hydrogens is 206 g/mol. The van der Waals surface area contributed by atoms with Crippen molar-refractivity contribution in [1.82, 2.24) is 4.90 Å². The molecular formula is C12H19NO3. The van der Waals surface area contributed by atoms with Crippen LogP contribution >= 0.6 is 0 Å². The summed E-state index contributed by atoms with van der Waals surface area (Å²) in [5.41, 5.74) is 0.0457. The first-order valence-corrected chi connectivity index (χ1v) is 5.44. The van der Waals surface area contributed by atoms with Crippen LogP contribution in [0.4, 0.5) is 0 Å². The molecule has 0 aromatic carbocycles. The molecule has 4 nitrogen and oxygen atoms in total. The zero-order valence-corrected chi connectivity index (χ0v) is 10.4. The number of ketones is 1.